The largest absolute Gasteiger partial charge is 0.478 e. The van der Waals surface area contributed by atoms with Gasteiger partial charge in [0.05, 0.1) is 0 Å². The fourth-order valence-corrected chi connectivity index (χ4v) is 2.52. The van der Waals surface area contributed by atoms with Gasteiger partial charge in [0.1, 0.15) is 0 Å². The van der Waals surface area contributed by atoms with Gasteiger partial charge >= 0.3 is 5.97 Å². The third-order valence-electron chi connectivity index (χ3n) is 3.90. The highest BCUT2D eigenvalue weighted by Crippen LogP contribution is 2.11. The van der Waals surface area contributed by atoms with Crippen LogP contribution in [0.3, 0.4) is 0 Å². The maximum absolute atomic E-state index is 11.8. The van der Waals surface area contributed by atoms with Crippen molar-refractivity contribution in [1.82, 2.24) is 5.32 Å². The summed E-state index contributed by atoms with van der Waals surface area (Å²) in [4.78, 5) is 22.9. The number of nitrogens with one attached hydrogen (secondary N) is 1. The van der Waals surface area contributed by atoms with Crippen molar-refractivity contribution in [3.05, 3.63) is 0 Å². The van der Waals surface area contributed by atoms with Crippen LogP contribution in [0.15, 0.2) is 0 Å². The highest BCUT2D eigenvalue weighted by atomic mass is 16.4. The van der Waals surface area contributed by atoms with Crippen LogP contribution in [0.5, 0.6) is 0 Å². The third-order valence-corrected chi connectivity index (χ3v) is 3.90. The molecule has 130 valence electrons. The molecule has 0 saturated heterocycles. The summed E-state index contributed by atoms with van der Waals surface area (Å²) in [5.41, 5.74) is 4.11. The number of nitrogens with two attached hydrogens (primary N) is 1. The fourth-order valence-electron chi connectivity index (χ4n) is 2.52. The van der Waals surface area contributed by atoms with Crippen LogP contribution in [-0.2, 0) is 9.59 Å². The summed E-state index contributed by atoms with van der Waals surface area (Å²) in [5.74, 6) is -1.43. The van der Waals surface area contributed by atoms with Crippen molar-refractivity contribution in [3.8, 4) is 0 Å². The van der Waals surface area contributed by atoms with E-state index < -0.39 is 11.6 Å². The highest BCUT2D eigenvalue weighted by molar-refractivity contribution is 5.86. The second kappa shape index (κ2) is 12.4. The molecule has 0 radical (unpaired) electrons. The molecule has 0 aromatic heterocycles. The SMILES string of the molecule is CCCCCCCCCCCC(=O)NC(N)(CCC)C(=O)O. The average Bonchev–Trinajstić information content (AvgIpc) is 2.45. The molecule has 5 nitrogen and oxygen atoms in total. The van der Waals surface area contributed by atoms with Crippen LogP contribution >= 0.6 is 0 Å². The number of rotatable bonds is 14. The van der Waals surface area contributed by atoms with E-state index in [9.17, 15) is 9.59 Å². The molecule has 0 aromatic carbocycles. The van der Waals surface area contributed by atoms with Gasteiger partial charge in [0.25, 0.3) is 0 Å². The average molecular weight is 314 g/mol. The lowest BCUT2D eigenvalue weighted by molar-refractivity contribution is -0.147. The molecule has 0 spiro atoms. The van der Waals surface area contributed by atoms with Gasteiger partial charge in [-0.05, 0) is 12.8 Å². The molecular weight excluding hydrogens is 280 g/mol. The van der Waals surface area contributed by atoms with Gasteiger partial charge in [-0.25, -0.2) is 4.79 Å². The number of unbranched alkanes of at least 4 members (excludes halogenated alkanes) is 8. The molecule has 0 bridgehead atoms. The molecule has 22 heavy (non-hydrogen) atoms. The van der Waals surface area contributed by atoms with E-state index in [0.29, 0.717) is 12.8 Å². The zero-order valence-corrected chi connectivity index (χ0v) is 14.3. The van der Waals surface area contributed by atoms with Crippen molar-refractivity contribution >= 4 is 11.9 Å². The predicted molar refractivity (Wildman–Crippen MR) is 89.4 cm³/mol. The van der Waals surface area contributed by atoms with Gasteiger partial charge in [-0.3, -0.25) is 10.5 Å². The molecule has 4 N–H and O–H groups in total. The zero-order valence-electron chi connectivity index (χ0n) is 14.3. The molecule has 0 heterocycles. The van der Waals surface area contributed by atoms with Crippen LogP contribution in [-0.4, -0.2) is 22.6 Å². The Morgan fingerprint density at radius 1 is 0.909 bits per heavy atom. The molecule has 1 unspecified atom stereocenters. The van der Waals surface area contributed by atoms with E-state index in [-0.39, 0.29) is 12.3 Å². The fraction of sp³-hybridized carbons (Fsp3) is 0.882. The monoisotopic (exact) mass is 314 g/mol. The molecule has 0 aliphatic heterocycles. The molecule has 0 aliphatic rings. The maximum Gasteiger partial charge on any atom is 0.344 e. The van der Waals surface area contributed by atoms with Gasteiger partial charge in [-0.1, -0.05) is 71.6 Å². The van der Waals surface area contributed by atoms with E-state index in [0.717, 1.165) is 19.3 Å². The van der Waals surface area contributed by atoms with E-state index in [1.165, 1.54) is 38.5 Å². The van der Waals surface area contributed by atoms with Crippen LogP contribution < -0.4 is 11.1 Å². The number of carbonyl (C=O) groups is 2. The van der Waals surface area contributed by atoms with Crippen molar-refractivity contribution in [1.29, 1.82) is 0 Å². The Labute approximate surface area is 135 Å². The van der Waals surface area contributed by atoms with E-state index in [1.807, 2.05) is 6.92 Å². The van der Waals surface area contributed by atoms with Crippen LogP contribution in [0.1, 0.15) is 90.9 Å². The number of aliphatic carboxylic acids is 1. The second-order valence-electron chi connectivity index (χ2n) is 6.15. The lowest BCUT2D eigenvalue weighted by Gasteiger charge is -2.25. The van der Waals surface area contributed by atoms with Crippen LogP contribution in [0.4, 0.5) is 0 Å². The first kappa shape index (κ1) is 20.9. The summed E-state index contributed by atoms with van der Waals surface area (Å²) in [6.07, 6.45) is 11.9. The van der Waals surface area contributed by atoms with E-state index in [4.69, 9.17) is 10.8 Å². The molecular formula is C17H34N2O3. The predicted octanol–water partition coefficient (Wildman–Crippen LogP) is 3.56. The Bertz CT molecular complexity index is 321. The summed E-state index contributed by atoms with van der Waals surface area (Å²) in [6, 6.07) is 0. The Morgan fingerprint density at radius 2 is 1.41 bits per heavy atom. The normalized spacial score (nSPS) is 13.6. The highest BCUT2D eigenvalue weighted by Gasteiger charge is 2.34. The minimum absolute atomic E-state index is 0.242. The molecule has 5 heteroatoms. The smallest absolute Gasteiger partial charge is 0.344 e. The number of hydrogen-bond donors (Lipinski definition) is 3. The molecule has 0 rings (SSSR count). The standard InChI is InChI=1S/C17H34N2O3/c1-3-5-6-7-8-9-10-11-12-13-15(20)19-17(18,14-4-2)16(21)22/h3-14,18H2,1-2H3,(H,19,20)(H,21,22). The van der Waals surface area contributed by atoms with Gasteiger partial charge in [-0.15, -0.1) is 0 Å². The molecule has 0 aromatic rings. The van der Waals surface area contributed by atoms with E-state index >= 15 is 0 Å². The van der Waals surface area contributed by atoms with Gasteiger partial charge in [0.15, 0.2) is 5.66 Å². The lowest BCUT2D eigenvalue weighted by Crippen LogP contribution is -2.61. The number of hydrogen-bond acceptors (Lipinski definition) is 3. The maximum atomic E-state index is 11.8. The van der Waals surface area contributed by atoms with Crippen LogP contribution in [0.25, 0.3) is 0 Å². The minimum Gasteiger partial charge on any atom is -0.478 e. The Morgan fingerprint density at radius 3 is 1.86 bits per heavy atom. The topological polar surface area (TPSA) is 92.4 Å². The number of carbonyl (C=O) groups excluding carboxylic acids is 1. The first-order chi connectivity index (χ1) is 10.5. The third kappa shape index (κ3) is 9.77. The number of carboxylic acids is 1. The van der Waals surface area contributed by atoms with Crippen molar-refractivity contribution in [3.63, 3.8) is 0 Å². The van der Waals surface area contributed by atoms with E-state index in [2.05, 4.69) is 12.2 Å². The first-order valence-electron chi connectivity index (χ1n) is 8.79. The van der Waals surface area contributed by atoms with Gasteiger partial charge in [0.2, 0.25) is 5.91 Å². The Balaban J connectivity index is 3.70. The van der Waals surface area contributed by atoms with E-state index in [1.54, 1.807) is 0 Å². The Kier molecular flexibility index (Phi) is 11.8. The number of amides is 1. The molecule has 1 amide bonds. The number of carboxylic acid groups (broad SMARTS) is 1. The molecule has 0 saturated carbocycles. The van der Waals surface area contributed by atoms with Crippen LogP contribution in [0, 0.1) is 0 Å². The molecule has 1 atom stereocenters. The quantitative estimate of drug-likeness (QED) is 0.337. The van der Waals surface area contributed by atoms with Crippen molar-refractivity contribution in [2.24, 2.45) is 5.73 Å². The van der Waals surface area contributed by atoms with Gasteiger partial charge in [-0.2, -0.15) is 0 Å². The van der Waals surface area contributed by atoms with Gasteiger partial charge < -0.3 is 10.4 Å². The second-order valence-corrected chi connectivity index (χ2v) is 6.15. The van der Waals surface area contributed by atoms with Gasteiger partial charge in [0, 0.05) is 6.42 Å². The van der Waals surface area contributed by atoms with Crippen molar-refractivity contribution in [2.45, 2.75) is 96.6 Å². The summed E-state index contributed by atoms with van der Waals surface area (Å²) in [5, 5.41) is 11.6. The Hall–Kier alpha value is -1.10. The lowest BCUT2D eigenvalue weighted by atomic mass is 10.0. The first-order valence-corrected chi connectivity index (χ1v) is 8.79. The van der Waals surface area contributed by atoms with Crippen LogP contribution in [0.2, 0.25) is 0 Å². The summed E-state index contributed by atoms with van der Waals surface area (Å²) < 4.78 is 0. The van der Waals surface area contributed by atoms with Crippen molar-refractivity contribution < 1.29 is 14.7 Å². The minimum atomic E-state index is -1.62. The summed E-state index contributed by atoms with van der Waals surface area (Å²) >= 11 is 0. The zero-order chi connectivity index (χ0) is 16.8. The van der Waals surface area contributed by atoms with Crippen molar-refractivity contribution in [2.75, 3.05) is 0 Å². The molecule has 0 fully saturated rings. The summed E-state index contributed by atoms with van der Waals surface area (Å²) in [6.45, 7) is 4.06. The summed E-state index contributed by atoms with van der Waals surface area (Å²) in [7, 11) is 0. The molecule has 0 aliphatic carbocycles.